The Labute approximate surface area is 108 Å². The van der Waals surface area contributed by atoms with Crippen molar-refractivity contribution in [1.29, 1.82) is 0 Å². The second-order valence-corrected chi connectivity index (χ2v) is 4.37. The second-order valence-electron chi connectivity index (χ2n) is 3.65. The lowest BCUT2D eigenvalue weighted by molar-refractivity contribution is 0.568. The lowest BCUT2D eigenvalue weighted by Crippen LogP contribution is -1.99. The van der Waals surface area contributed by atoms with Crippen molar-refractivity contribution >= 4 is 17.0 Å². The normalized spacial score (nSPS) is 10.4. The molecule has 0 aliphatic rings. The number of thiazole rings is 1. The van der Waals surface area contributed by atoms with Gasteiger partial charge in [0.15, 0.2) is 0 Å². The summed E-state index contributed by atoms with van der Waals surface area (Å²) >= 11 is 1.60. The summed E-state index contributed by atoms with van der Waals surface area (Å²) in [4.78, 5) is 4.21. The maximum atomic E-state index is 5.13. The van der Waals surface area contributed by atoms with E-state index < -0.39 is 0 Å². The number of anilines is 1. The van der Waals surface area contributed by atoms with Crippen LogP contribution in [0.1, 0.15) is 5.69 Å². The van der Waals surface area contributed by atoms with Gasteiger partial charge in [-0.05, 0) is 24.3 Å². The summed E-state index contributed by atoms with van der Waals surface area (Å²) in [6.45, 7) is 0.726. The monoisotopic (exact) mass is 258 g/mol. The molecule has 0 aliphatic heterocycles. The first-order valence-corrected chi connectivity index (χ1v) is 6.33. The van der Waals surface area contributed by atoms with Crippen LogP contribution in [0, 0.1) is 0 Å². The molecular formula is C12H10N4OS. The highest BCUT2D eigenvalue weighted by atomic mass is 32.1. The summed E-state index contributed by atoms with van der Waals surface area (Å²) in [6.07, 6.45) is 1.32. The Morgan fingerprint density at radius 2 is 2.11 bits per heavy atom. The van der Waals surface area contributed by atoms with Gasteiger partial charge in [-0.25, -0.2) is 4.98 Å². The molecule has 0 bridgehead atoms. The van der Waals surface area contributed by atoms with Gasteiger partial charge in [-0.1, -0.05) is 0 Å². The highest BCUT2D eigenvalue weighted by Crippen LogP contribution is 2.19. The second kappa shape index (κ2) is 4.97. The van der Waals surface area contributed by atoms with Gasteiger partial charge in [-0.3, -0.25) is 0 Å². The summed E-state index contributed by atoms with van der Waals surface area (Å²) in [5.74, 6) is 0.529. The van der Waals surface area contributed by atoms with Crippen molar-refractivity contribution < 1.29 is 4.42 Å². The Hall–Kier alpha value is -2.21. The summed E-state index contributed by atoms with van der Waals surface area (Å²) in [5, 5.41) is 12.8. The number of hydrogen-bond donors (Lipinski definition) is 1. The standard InChI is InChI=1S/C12H10N4OS/c1-3-10(13-5-11-6-18-8-14-11)4-2-9(1)12-16-15-7-17-12/h1-4,6-8,13H,5H2. The lowest BCUT2D eigenvalue weighted by atomic mass is 10.2. The molecular weight excluding hydrogens is 248 g/mol. The first kappa shape index (κ1) is 10.9. The highest BCUT2D eigenvalue weighted by molar-refractivity contribution is 7.07. The van der Waals surface area contributed by atoms with Crippen LogP contribution < -0.4 is 5.32 Å². The molecule has 0 saturated heterocycles. The molecule has 0 atom stereocenters. The molecule has 0 aliphatic carbocycles. The zero-order valence-electron chi connectivity index (χ0n) is 9.41. The van der Waals surface area contributed by atoms with Crippen LogP contribution in [0.25, 0.3) is 11.5 Å². The van der Waals surface area contributed by atoms with Crippen molar-refractivity contribution in [2.45, 2.75) is 6.54 Å². The van der Waals surface area contributed by atoms with Crippen LogP contribution >= 0.6 is 11.3 Å². The average Bonchev–Trinajstić information content (AvgIpc) is 3.10. The van der Waals surface area contributed by atoms with Crippen LogP contribution in [0.4, 0.5) is 5.69 Å². The average molecular weight is 258 g/mol. The van der Waals surface area contributed by atoms with E-state index in [2.05, 4.69) is 20.5 Å². The third-order valence-corrected chi connectivity index (χ3v) is 3.08. The largest absolute Gasteiger partial charge is 0.423 e. The van der Waals surface area contributed by atoms with Gasteiger partial charge in [0.25, 0.3) is 0 Å². The third-order valence-electron chi connectivity index (χ3n) is 2.45. The van der Waals surface area contributed by atoms with E-state index in [1.165, 1.54) is 6.39 Å². The van der Waals surface area contributed by atoms with Crippen LogP contribution in [0.5, 0.6) is 0 Å². The van der Waals surface area contributed by atoms with Crippen molar-refractivity contribution in [3.63, 3.8) is 0 Å². The van der Waals surface area contributed by atoms with Crippen LogP contribution in [-0.2, 0) is 6.54 Å². The summed E-state index contributed by atoms with van der Waals surface area (Å²) < 4.78 is 5.13. The molecule has 5 nitrogen and oxygen atoms in total. The minimum atomic E-state index is 0.529. The molecule has 3 rings (SSSR count). The Bertz CT molecular complexity index is 590. The van der Waals surface area contributed by atoms with Gasteiger partial charge < -0.3 is 9.73 Å². The predicted molar refractivity (Wildman–Crippen MR) is 69.2 cm³/mol. The minimum absolute atomic E-state index is 0.529. The van der Waals surface area contributed by atoms with Crippen molar-refractivity contribution in [3.8, 4) is 11.5 Å². The summed E-state index contributed by atoms with van der Waals surface area (Å²) in [7, 11) is 0. The van der Waals surface area contributed by atoms with Gasteiger partial charge in [0, 0.05) is 16.6 Å². The molecule has 0 unspecified atom stereocenters. The van der Waals surface area contributed by atoms with E-state index >= 15 is 0 Å². The van der Waals surface area contributed by atoms with Crippen molar-refractivity contribution in [1.82, 2.24) is 15.2 Å². The zero-order chi connectivity index (χ0) is 12.2. The molecule has 1 N–H and O–H groups in total. The fraction of sp³-hybridized carbons (Fsp3) is 0.0833. The fourth-order valence-corrected chi connectivity index (χ4v) is 2.11. The molecule has 18 heavy (non-hydrogen) atoms. The molecule has 2 aromatic heterocycles. The van der Waals surface area contributed by atoms with Crippen molar-refractivity contribution in [3.05, 3.63) is 47.2 Å². The van der Waals surface area contributed by atoms with E-state index in [-0.39, 0.29) is 0 Å². The lowest BCUT2D eigenvalue weighted by Gasteiger charge is -2.04. The van der Waals surface area contributed by atoms with Gasteiger partial charge in [0.1, 0.15) is 0 Å². The third kappa shape index (κ3) is 2.38. The predicted octanol–water partition coefficient (Wildman–Crippen LogP) is 2.81. The molecule has 90 valence electrons. The quantitative estimate of drug-likeness (QED) is 0.779. The smallest absolute Gasteiger partial charge is 0.247 e. The van der Waals surface area contributed by atoms with E-state index in [1.807, 2.05) is 35.2 Å². The van der Waals surface area contributed by atoms with E-state index in [0.717, 1.165) is 23.5 Å². The van der Waals surface area contributed by atoms with E-state index in [1.54, 1.807) is 11.3 Å². The zero-order valence-corrected chi connectivity index (χ0v) is 10.2. The Kier molecular flexibility index (Phi) is 3.01. The molecule has 1 aromatic carbocycles. The van der Waals surface area contributed by atoms with Gasteiger partial charge in [0.05, 0.1) is 17.7 Å². The number of nitrogens with zero attached hydrogens (tertiary/aromatic N) is 3. The first-order valence-electron chi connectivity index (χ1n) is 5.39. The van der Waals surface area contributed by atoms with E-state index in [4.69, 9.17) is 4.42 Å². The van der Waals surface area contributed by atoms with Gasteiger partial charge >= 0.3 is 0 Å². The fourth-order valence-electron chi connectivity index (χ4n) is 1.55. The molecule has 6 heteroatoms. The number of rotatable bonds is 4. The van der Waals surface area contributed by atoms with Crippen molar-refractivity contribution in [2.24, 2.45) is 0 Å². The molecule has 0 fully saturated rings. The Morgan fingerprint density at radius 3 is 2.78 bits per heavy atom. The van der Waals surface area contributed by atoms with Crippen LogP contribution in [0.15, 0.2) is 46.0 Å². The molecule has 2 heterocycles. The maximum absolute atomic E-state index is 5.13. The minimum Gasteiger partial charge on any atom is -0.423 e. The van der Waals surface area contributed by atoms with Gasteiger partial charge in [-0.15, -0.1) is 21.5 Å². The topological polar surface area (TPSA) is 63.8 Å². The van der Waals surface area contributed by atoms with Gasteiger partial charge in [-0.2, -0.15) is 0 Å². The molecule has 0 radical (unpaired) electrons. The van der Waals surface area contributed by atoms with Crippen molar-refractivity contribution in [2.75, 3.05) is 5.32 Å². The van der Waals surface area contributed by atoms with E-state index in [9.17, 15) is 0 Å². The Morgan fingerprint density at radius 1 is 1.22 bits per heavy atom. The van der Waals surface area contributed by atoms with Crippen LogP contribution in [-0.4, -0.2) is 15.2 Å². The Balaban J connectivity index is 1.68. The van der Waals surface area contributed by atoms with Gasteiger partial charge in [0.2, 0.25) is 12.3 Å². The number of benzene rings is 1. The number of nitrogens with one attached hydrogen (secondary N) is 1. The maximum Gasteiger partial charge on any atom is 0.247 e. The first-order chi connectivity index (χ1) is 8.92. The SMILES string of the molecule is c1nnc(-c2ccc(NCc3cscn3)cc2)o1. The number of aromatic nitrogens is 3. The molecule has 0 amide bonds. The summed E-state index contributed by atoms with van der Waals surface area (Å²) in [5.41, 5.74) is 4.81. The highest BCUT2D eigenvalue weighted by Gasteiger charge is 2.02. The molecule has 0 spiro atoms. The number of hydrogen-bond acceptors (Lipinski definition) is 6. The summed E-state index contributed by atoms with van der Waals surface area (Å²) in [6, 6.07) is 7.84. The van der Waals surface area contributed by atoms with Crippen LogP contribution in [0.2, 0.25) is 0 Å². The van der Waals surface area contributed by atoms with E-state index in [0.29, 0.717) is 5.89 Å². The van der Waals surface area contributed by atoms with Crippen LogP contribution in [0.3, 0.4) is 0 Å². The molecule has 0 saturated carbocycles. The molecule has 3 aromatic rings.